The molecule has 1 aromatic heterocycles. The molecule has 1 heterocycles. The molecule has 0 unspecified atom stereocenters. The van der Waals surface area contributed by atoms with Gasteiger partial charge >= 0.3 is 0 Å². The number of benzene rings is 1. The number of pyridine rings is 1. The molecule has 0 spiro atoms. The van der Waals surface area contributed by atoms with Crippen molar-refractivity contribution in [1.82, 2.24) is 4.98 Å². The Kier molecular flexibility index (Phi) is 3.73. The summed E-state index contributed by atoms with van der Waals surface area (Å²) in [5, 5.41) is 8.97. The second-order valence-corrected chi connectivity index (χ2v) is 4.28. The van der Waals surface area contributed by atoms with E-state index in [2.05, 4.69) is 27.0 Å². The zero-order chi connectivity index (χ0) is 12.1. The summed E-state index contributed by atoms with van der Waals surface area (Å²) in [6.07, 6.45) is 1.71. The Bertz CT molecular complexity index is 549. The Morgan fingerprint density at radius 2 is 2.18 bits per heavy atom. The summed E-state index contributed by atoms with van der Waals surface area (Å²) in [4.78, 5) is 4.15. The van der Waals surface area contributed by atoms with E-state index >= 15 is 0 Å². The van der Waals surface area contributed by atoms with Gasteiger partial charge in [-0.2, -0.15) is 5.26 Å². The van der Waals surface area contributed by atoms with Crippen LogP contribution < -0.4 is 4.74 Å². The van der Waals surface area contributed by atoms with Crippen LogP contribution >= 0.6 is 15.9 Å². The van der Waals surface area contributed by atoms with E-state index in [0.29, 0.717) is 17.9 Å². The van der Waals surface area contributed by atoms with Gasteiger partial charge in [-0.25, -0.2) is 0 Å². The molecule has 4 heteroatoms. The molecule has 0 atom stereocenters. The Hall–Kier alpha value is -1.86. The minimum atomic E-state index is 0.358. The highest BCUT2D eigenvalue weighted by Crippen LogP contribution is 2.23. The van der Waals surface area contributed by atoms with Crippen molar-refractivity contribution in [1.29, 1.82) is 5.26 Å². The van der Waals surface area contributed by atoms with Crippen molar-refractivity contribution >= 4 is 15.9 Å². The van der Waals surface area contributed by atoms with Crippen molar-refractivity contribution in [2.75, 3.05) is 0 Å². The van der Waals surface area contributed by atoms with E-state index in [4.69, 9.17) is 10.00 Å². The highest BCUT2D eigenvalue weighted by molar-refractivity contribution is 9.10. The molecule has 2 aromatic rings. The predicted octanol–water partition coefficient (Wildman–Crippen LogP) is 3.29. The van der Waals surface area contributed by atoms with Crippen LogP contribution in [-0.4, -0.2) is 4.98 Å². The van der Waals surface area contributed by atoms with Gasteiger partial charge in [-0.15, -0.1) is 0 Å². The average Bonchev–Trinajstić information content (AvgIpc) is 2.38. The lowest BCUT2D eigenvalue weighted by molar-refractivity contribution is 0.300. The molecular formula is C13H9BrN2O. The van der Waals surface area contributed by atoms with Gasteiger partial charge in [0.15, 0.2) is 0 Å². The first kappa shape index (κ1) is 11.6. The van der Waals surface area contributed by atoms with E-state index in [1.54, 1.807) is 18.3 Å². The smallest absolute Gasteiger partial charge is 0.137 e. The summed E-state index contributed by atoms with van der Waals surface area (Å²) < 4.78 is 6.42. The molecule has 0 fully saturated rings. The zero-order valence-corrected chi connectivity index (χ0v) is 10.5. The largest absolute Gasteiger partial charge is 0.486 e. The van der Waals surface area contributed by atoms with Gasteiger partial charge < -0.3 is 4.74 Å². The molecule has 17 heavy (non-hydrogen) atoms. The van der Waals surface area contributed by atoms with Crippen LogP contribution in [0, 0.1) is 11.3 Å². The van der Waals surface area contributed by atoms with Crippen molar-refractivity contribution in [3.05, 3.63) is 58.3 Å². The topological polar surface area (TPSA) is 45.9 Å². The van der Waals surface area contributed by atoms with Gasteiger partial charge in [-0.3, -0.25) is 4.98 Å². The lowest BCUT2D eigenvalue weighted by Gasteiger charge is -2.07. The van der Waals surface area contributed by atoms with Crippen molar-refractivity contribution < 1.29 is 4.74 Å². The van der Waals surface area contributed by atoms with Crippen LogP contribution in [0.2, 0.25) is 0 Å². The minimum absolute atomic E-state index is 0.358. The molecular weight excluding hydrogens is 280 g/mol. The number of rotatable bonds is 3. The number of halogens is 1. The number of ether oxygens (including phenoxy) is 1. The maximum Gasteiger partial charge on any atom is 0.137 e. The average molecular weight is 289 g/mol. The SMILES string of the molecule is N#Cc1cc(Br)ccc1OCc1ccccn1. The first-order valence-electron chi connectivity index (χ1n) is 5.02. The maximum atomic E-state index is 8.97. The van der Waals surface area contributed by atoms with Crippen LogP contribution in [0.3, 0.4) is 0 Å². The third-order valence-corrected chi connectivity index (χ3v) is 2.66. The molecule has 1 aromatic carbocycles. The fraction of sp³-hybridized carbons (Fsp3) is 0.0769. The van der Waals surface area contributed by atoms with Crippen LogP contribution in [0.15, 0.2) is 47.1 Å². The van der Waals surface area contributed by atoms with E-state index in [9.17, 15) is 0 Å². The van der Waals surface area contributed by atoms with Gasteiger partial charge in [0.2, 0.25) is 0 Å². The normalized spacial score (nSPS) is 9.65. The Morgan fingerprint density at radius 1 is 1.29 bits per heavy atom. The zero-order valence-electron chi connectivity index (χ0n) is 8.93. The Morgan fingerprint density at radius 3 is 2.88 bits per heavy atom. The van der Waals surface area contributed by atoms with E-state index in [1.165, 1.54) is 0 Å². The van der Waals surface area contributed by atoms with Gasteiger partial charge in [0.1, 0.15) is 18.4 Å². The Labute approximate surface area is 108 Å². The quantitative estimate of drug-likeness (QED) is 0.871. The van der Waals surface area contributed by atoms with E-state index in [-0.39, 0.29) is 0 Å². The summed E-state index contributed by atoms with van der Waals surface area (Å²) in [7, 11) is 0. The highest BCUT2D eigenvalue weighted by Gasteiger charge is 2.04. The van der Waals surface area contributed by atoms with Crippen molar-refractivity contribution in [2.24, 2.45) is 0 Å². The summed E-state index contributed by atoms with van der Waals surface area (Å²) in [6.45, 7) is 0.358. The number of aromatic nitrogens is 1. The fourth-order valence-corrected chi connectivity index (χ4v) is 1.71. The molecule has 0 bridgehead atoms. The standard InChI is InChI=1S/C13H9BrN2O/c14-11-4-5-13(10(7-11)8-15)17-9-12-3-1-2-6-16-12/h1-7H,9H2. The second-order valence-electron chi connectivity index (χ2n) is 3.36. The lowest BCUT2D eigenvalue weighted by Crippen LogP contribution is -1.99. The molecule has 0 aliphatic rings. The van der Waals surface area contributed by atoms with Crippen LogP contribution in [-0.2, 0) is 6.61 Å². The summed E-state index contributed by atoms with van der Waals surface area (Å²) in [5.74, 6) is 0.571. The molecule has 0 aliphatic heterocycles. The van der Waals surface area contributed by atoms with Gasteiger partial charge in [0, 0.05) is 10.7 Å². The van der Waals surface area contributed by atoms with Crippen molar-refractivity contribution in [3.63, 3.8) is 0 Å². The molecule has 0 N–H and O–H groups in total. The third kappa shape index (κ3) is 3.05. The monoisotopic (exact) mass is 288 g/mol. The van der Waals surface area contributed by atoms with Crippen LogP contribution in [0.1, 0.15) is 11.3 Å². The highest BCUT2D eigenvalue weighted by atomic mass is 79.9. The maximum absolute atomic E-state index is 8.97. The molecule has 2 rings (SSSR count). The summed E-state index contributed by atoms with van der Waals surface area (Å²) in [5.41, 5.74) is 1.34. The molecule has 84 valence electrons. The predicted molar refractivity (Wildman–Crippen MR) is 67.4 cm³/mol. The molecule has 0 radical (unpaired) electrons. The molecule has 3 nitrogen and oxygen atoms in total. The number of hydrogen-bond donors (Lipinski definition) is 0. The first-order chi connectivity index (χ1) is 8.29. The summed E-state index contributed by atoms with van der Waals surface area (Å²) >= 11 is 3.31. The van der Waals surface area contributed by atoms with Gasteiger partial charge in [0.05, 0.1) is 11.3 Å². The number of nitriles is 1. The second kappa shape index (κ2) is 5.46. The van der Waals surface area contributed by atoms with Gasteiger partial charge in [-0.05, 0) is 30.3 Å². The van der Waals surface area contributed by atoms with Gasteiger partial charge in [-0.1, -0.05) is 22.0 Å². The fourth-order valence-electron chi connectivity index (χ4n) is 1.35. The van der Waals surface area contributed by atoms with Crippen LogP contribution in [0.4, 0.5) is 0 Å². The number of hydrogen-bond acceptors (Lipinski definition) is 3. The van der Waals surface area contributed by atoms with E-state index in [1.807, 2.05) is 24.3 Å². The lowest BCUT2D eigenvalue weighted by atomic mass is 10.2. The van der Waals surface area contributed by atoms with Crippen LogP contribution in [0.25, 0.3) is 0 Å². The summed E-state index contributed by atoms with van der Waals surface area (Å²) in [6, 6.07) is 13.1. The van der Waals surface area contributed by atoms with E-state index < -0.39 is 0 Å². The molecule has 0 amide bonds. The molecule has 0 aliphatic carbocycles. The van der Waals surface area contributed by atoms with Crippen molar-refractivity contribution in [3.8, 4) is 11.8 Å². The molecule has 0 saturated heterocycles. The number of nitrogens with zero attached hydrogens (tertiary/aromatic N) is 2. The minimum Gasteiger partial charge on any atom is -0.486 e. The van der Waals surface area contributed by atoms with E-state index in [0.717, 1.165) is 10.2 Å². The Balaban J connectivity index is 2.12. The van der Waals surface area contributed by atoms with Crippen molar-refractivity contribution in [2.45, 2.75) is 6.61 Å². The van der Waals surface area contributed by atoms with Crippen LogP contribution in [0.5, 0.6) is 5.75 Å². The third-order valence-electron chi connectivity index (χ3n) is 2.16. The van der Waals surface area contributed by atoms with Gasteiger partial charge in [0.25, 0.3) is 0 Å². The first-order valence-corrected chi connectivity index (χ1v) is 5.81. The molecule has 0 saturated carbocycles.